The molecule has 0 saturated carbocycles. The summed E-state index contributed by atoms with van der Waals surface area (Å²) in [7, 11) is 0. The van der Waals surface area contributed by atoms with Gasteiger partial charge in [-0.05, 0) is 98.5 Å². The molecule has 47 heavy (non-hydrogen) atoms. The molecular formula is C38H44N6O3. The second-order valence-electron chi connectivity index (χ2n) is 14.4. The van der Waals surface area contributed by atoms with Crippen LogP contribution in [0.3, 0.4) is 0 Å². The number of aryl methyl sites for hydroxylation is 1. The van der Waals surface area contributed by atoms with Crippen LogP contribution < -0.4 is 20.7 Å². The van der Waals surface area contributed by atoms with Crippen molar-refractivity contribution in [1.82, 2.24) is 14.7 Å². The molecule has 3 N–H and O–H groups in total. The van der Waals surface area contributed by atoms with Crippen LogP contribution in [0.5, 0.6) is 5.75 Å². The highest BCUT2D eigenvalue weighted by molar-refractivity contribution is 5.99. The molecule has 0 spiro atoms. The zero-order valence-electron chi connectivity index (χ0n) is 27.7. The second-order valence-corrected chi connectivity index (χ2v) is 14.4. The Labute approximate surface area is 276 Å². The Kier molecular flexibility index (Phi) is 8.16. The lowest BCUT2D eigenvalue weighted by Crippen LogP contribution is -2.48. The minimum absolute atomic E-state index is 0.00497. The third-order valence-corrected chi connectivity index (χ3v) is 9.71. The third-order valence-electron chi connectivity index (χ3n) is 9.71. The van der Waals surface area contributed by atoms with E-state index >= 15 is 0 Å². The van der Waals surface area contributed by atoms with Gasteiger partial charge in [-0.2, -0.15) is 5.10 Å². The number of nitrogens with one attached hydrogen (secondary N) is 3. The van der Waals surface area contributed by atoms with E-state index < -0.39 is 0 Å². The summed E-state index contributed by atoms with van der Waals surface area (Å²) >= 11 is 0. The average Bonchev–Trinajstić information content (AvgIpc) is 3.74. The number of carbonyl (C=O) groups is 2. The molecule has 2 unspecified atom stereocenters. The van der Waals surface area contributed by atoms with Crippen molar-refractivity contribution in [3.05, 3.63) is 95.2 Å². The molecule has 3 aliphatic heterocycles. The Hall–Kier alpha value is -4.79. The Bertz CT molecular complexity index is 1780. The topological polar surface area (TPSA) is 101 Å². The summed E-state index contributed by atoms with van der Waals surface area (Å²) in [5, 5.41) is 14.0. The van der Waals surface area contributed by atoms with Crippen LogP contribution in [0.2, 0.25) is 0 Å². The van der Waals surface area contributed by atoms with Crippen molar-refractivity contribution in [3.8, 4) is 11.4 Å². The summed E-state index contributed by atoms with van der Waals surface area (Å²) in [6, 6.07) is 24.3. The number of hydrogen-bond acceptors (Lipinski definition) is 4. The van der Waals surface area contributed by atoms with Gasteiger partial charge in [-0.3, -0.25) is 5.32 Å². The maximum Gasteiger partial charge on any atom is 0.324 e. The first-order chi connectivity index (χ1) is 22.6. The molecule has 1 aromatic heterocycles. The minimum Gasteiger partial charge on any atom is -0.493 e. The van der Waals surface area contributed by atoms with E-state index in [4.69, 9.17) is 9.84 Å². The lowest BCUT2D eigenvalue weighted by atomic mass is 9.86. The van der Waals surface area contributed by atoms with Crippen molar-refractivity contribution in [2.75, 3.05) is 22.6 Å². The maximum atomic E-state index is 13.4. The molecule has 4 aromatic rings. The number of nitrogens with zero attached hydrogens (tertiary/aromatic N) is 3. The summed E-state index contributed by atoms with van der Waals surface area (Å²) < 4.78 is 7.40. The first kappa shape index (κ1) is 30.8. The molecule has 0 aliphatic carbocycles. The molecule has 2 saturated heterocycles. The number of rotatable bonds is 6. The first-order valence-electron chi connectivity index (χ1n) is 16.8. The van der Waals surface area contributed by atoms with Crippen LogP contribution in [0.1, 0.15) is 68.8 Å². The molecule has 244 valence electrons. The smallest absolute Gasteiger partial charge is 0.324 e. The maximum absolute atomic E-state index is 13.4. The third kappa shape index (κ3) is 6.70. The zero-order chi connectivity index (χ0) is 32.7. The van der Waals surface area contributed by atoms with E-state index in [1.165, 1.54) is 5.56 Å². The summed E-state index contributed by atoms with van der Waals surface area (Å²) in [5.74, 6) is 2.02. The summed E-state index contributed by atoms with van der Waals surface area (Å²) in [6.07, 6.45) is 5.86. The van der Waals surface area contributed by atoms with E-state index in [9.17, 15) is 9.59 Å². The Balaban J connectivity index is 0.975. The molecular weight excluding hydrogens is 588 g/mol. The highest BCUT2D eigenvalue weighted by atomic mass is 16.5. The van der Waals surface area contributed by atoms with Gasteiger partial charge in [0.2, 0.25) is 0 Å². The highest BCUT2D eigenvalue weighted by Crippen LogP contribution is 2.40. The van der Waals surface area contributed by atoms with Crippen LogP contribution >= 0.6 is 0 Å². The van der Waals surface area contributed by atoms with Gasteiger partial charge in [0.05, 0.1) is 18.0 Å². The number of hydrogen-bond donors (Lipinski definition) is 3. The van der Waals surface area contributed by atoms with E-state index in [1.807, 2.05) is 67.6 Å². The van der Waals surface area contributed by atoms with Gasteiger partial charge in [0.25, 0.3) is 0 Å². The van der Waals surface area contributed by atoms with Gasteiger partial charge in [0.1, 0.15) is 11.6 Å². The van der Waals surface area contributed by atoms with E-state index in [0.717, 1.165) is 78.2 Å². The Morgan fingerprint density at radius 2 is 1.64 bits per heavy atom. The Morgan fingerprint density at radius 1 is 0.894 bits per heavy atom. The molecule has 9 heteroatoms. The van der Waals surface area contributed by atoms with Crippen molar-refractivity contribution in [2.45, 2.75) is 83.7 Å². The van der Waals surface area contributed by atoms with Gasteiger partial charge < -0.3 is 20.3 Å². The zero-order valence-corrected chi connectivity index (χ0v) is 27.7. The summed E-state index contributed by atoms with van der Waals surface area (Å²) in [6.45, 7) is 9.09. The number of amides is 4. The van der Waals surface area contributed by atoms with Crippen LogP contribution in [0.25, 0.3) is 5.69 Å². The van der Waals surface area contributed by atoms with Gasteiger partial charge in [0.15, 0.2) is 0 Å². The van der Waals surface area contributed by atoms with Gasteiger partial charge in [0, 0.05) is 41.4 Å². The predicted molar refractivity (Wildman–Crippen MR) is 186 cm³/mol. The van der Waals surface area contributed by atoms with Crippen molar-refractivity contribution in [1.29, 1.82) is 0 Å². The molecule has 3 aliphatic rings. The number of piperidine rings is 1. The summed E-state index contributed by atoms with van der Waals surface area (Å²) in [4.78, 5) is 28.7. The quantitative estimate of drug-likeness (QED) is 0.200. The molecule has 2 atom stereocenters. The van der Waals surface area contributed by atoms with Gasteiger partial charge in [-0.25, -0.2) is 14.3 Å². The van der Waals surface area contributed by atoms with Crippen molar-refractivity contribution in [2.24, 2.45) is 5.92 Å². The van der Waals surface area contributed by atoms with E-state index in [0.29, 0.717) is 18.3 Å². The van der Waals surface area contributed by atoms with Crippen molar-refractivity contribution >= 4 is 29.3 Å². The number of ether oxygens (including phenoxy) is 1. The van der Waals surface area contributed by atoms with Crippen LogP contribution in [0.15, 0.2) is 72.8 Å². The number of aromatic nitrogens is 2. The van der Waals surface area contributed by atoms with Crippen LogP contribution in [-0.4, -0.2) is 45.4 Å². The molecule has 2 fully saturated rings. The minimum atomic E-state index is -0.316. The lowest BCUT2D eigenvalue weighted by molar-refractivity contribution is 0.131. The molecule has 2 bridgehead atoms. The fraction of sp³-hybridized carbons (Fsp3) is 0.395. The highest BCUT2D eigenvalue weighted by Gasteiger charge is 2.43. The van der Waals surface area contributed by atoms with Crippen LogP contribution in [0.4, 0.5) is 26.8 Å². The Morgan fingerprint density at radius 3 is 2.38 bits per heavy atom. The largest absolute Gasteiger partial charge is 0.493 e. The fourth-order valence-corrected chi connectivity index (χ4v) is 7.35. The fourth-order valence-electron chi connectivity index (χ4n) is 7.35. The SMILES string of the molecule is Cc1ccc(-n2nc(C(C)(C)C)cc2NC(=O)Nc2cccc(CC3CC4CCC(C3)N4C(=O)Nc3ccc4c(c3)CCO4)c2)cc1. The van der Waals surface area contributed by atoms with E-state index in [-0.39, 0.29) is 29.6 Å². The molecule has 0 radical (unpaired) electrons. The number of benzene rings is 3. The van der Waals surface area contributed by atoms with Crippen LogP contribution in [0, 0.1) is 12.8 Å². The molecule has 4 amide bonds. The number of fused-ring (bicyclic) bond motifs is 3. The average molecular weight is 633 g/mol. The van der Waals surface area contributed by atoms with Crippen molar-refractivity contribution in [3.63, 3.8) is 0 Å². The number of anilines is 3. The molecule has 9 nitrogen and oxygen atoms in total. The normalized spacial score (nSPS) is 20.0. The lowest BCUT2D eigenvalue weighted by Gasteiger charge is -2.39. The number of urea groups is 2. The predicted octanol–water partition coefficient (Wildman–Crippen LogP) is 8.07. The molecule has 7 rings (SSSR count). The van der Waals surface area contributed by atoms with E-state index in [2.05, 4.69) is 53.8 Å². The number of carbonyl (C=O) groups excluding carboxylic acids is 2. The molecule has 4 heterocycles. The molecule has 3 aromatic carbocycles. The van der Waals surface area contributed by atoms with Crippen LogP contribution in [-0.2, 0) is 18.3 Å². The monoisotopic (exact) mass is 632 g/mol. The standard InChI is InChI=1S/C38H44N6O3/c1-24-8-11-30(12-9-24)44-35(23-34(42-44)38(2,3)4)41-36(45)39-28-7-5-6-25(19-28)18-26-20-31-13-14-32(21-26)43(31)37(46)40-29-10-15-33-27(22-29)16-17-47-33/h5-12,15,19,22-23,26,31-32H,13-14,16-18,20-21H2,1-4H3,(H,40,46)(H2,39,41,45). The van der Waals surface area contributed by atoms with E-state index in [1.54, 1.807) is 4.68 Å². The van der Waals surface area contributed by atoms with Gasteiger partial charge in [-0.1, -0.05) is 50.6 Å². The van der Waals surface area contributed by atoms with Gasteiger partial charge >= 0.3 is 12.1 Å². The first-order valence-corrected chi connectivity index (χ1v) is 16.8. The summed E-state index contributed by atoms with van der Waals surface area (Å²) in [5.41, 5.74) is 6.70. The second kappa shape index (κ2) is 12.4. The van der Waals surface area contributed by atoms with Gasteiger partial charge in [-0.15, -0.1) is 0 Å². The van der Waals surface area contributed by atoms with Crippen molar-refractivity contribution < 1.29 is 14.3 Å².